The summed E-state index contributed by atoms with van der Waals surface area (Å²) in [6, 6.07) is 10.7. The molecule has 0 bridgehead atoms. The maximum atomic E-state index is 9.36. The molecule has 1 aromatic rings. The Bertz CT molecular complexity index is 444. The van der Waals surface area contributed by atoms with E-state index < -0.39 is 0 Å². The van der Waals surface area contributed by atoms with Crippen LogP contribution in [-0.2, 0) is 0 Å². The number of ether oxygens (including phenoxy) is 1. The normalized spacial score (nSPS) is 18.5. The summed E-state index contributed by atoms with van der Waals surface area (Å²) in [6.07, 6.45) is 1.98. The van der Waals surface area contributed by atoms with Crippen LogP contribution >= 0.6 is 0 Å². The van der Waals surface area contributed by atoms with Gasteiger partial charge in [-0.1, -0.05) is 12.1 Å². The van der Waals surface area contributed by atoms with Gasteiger partial charge in [0.05, 0.1) is 24.6 Å². The Hall–Kier alpha value is -1.53. The van der Waals surface area contributed by atoms with Crippen LogP contribution < -0.4 is 4.74 Å². The lowest BCUT2D eigenvalue weighted by atomic mass is 9.90. The smallest absolute Gasteiger partial charge is 0.119 e. The van der Waals surface area contributed by atoms with E-state index in [2.05, 4.69) is 17.0 Å². The molecule has 1 aliphatic carbocycles. The van der Waals surface area contributed by atoms with Gasteiger partial charge in [0.2, 0.25) is 0 Å². The Morgan fingerprint density at radius 3 is 2.59 bits per heavy atom. The Labute approximate surface area is 103 Å². The summed E-state index contributed by atoms with van der Waals surface area (Å²) in [7, 11) is 5.73. The average molecular weight is 230 g/mol. The van der Waals surface area contributed by atoms with Crippen molar-refractivity contribution in [3.63, 3.8) is 0 Å². The van der Waals surface area contributed by atoms with E-state index in [0.29, 0.717) is 0 Å². The Kier molecular flexibility index (Phi) is 3.08. The zero-order valence-corrected chi connectivity index (χ0v) is 10.6. The first-order valence-corrected chi connectivity index (χ1v) is 5.84. The third-order valence-electron chi connectivity index (χ3n) is 3.46. The second kappa shape index (κ2) is 4.38. The number of hydrogen-bond donors (Lipinski definition) is 0. The van der Waals surface area contributed by atoms with Crippen LogP contribution in [-0.4, -0.2) is 26.1 Å². The van der Waals surface area contributed by atoms with Crippen LogP contribution in [0.25, 0.3) is 0 Å². The number of methoxy groups -OCH3 is 1. The Morgan fingerprint density at radius 2 is 2.12 bits per heavy atom. The highest BCUT2D eigenvalue weighted by Gasteiger charge is 2.51. The third kappa shape index (κ3) is 2.13. The lowest BCUT2D eigenvalue weighted by Gasteiger charge is -2.29. The summed E-state index contributed by atoms with van der Waals surface area (Å²) >= 11 is 0. The predicted molar refractivity (Wildman–Crippen MR) is 66.7 cm³/mol. The SMILES string of the molecule is COc1cccc(C(N(C)C)C2(C#N)CC2)c1. The van der Waals surface area contributed by atoms with E-state index in [-0.39, 0.29) is 11.5 Å². The van der Waals surface area contributed by atoms with Crippen LogP contribution in [0.1, 0.15) is 24.4 Å². The van der Waals surface area contributed by atoms with Crippen molar-refractivity contribution in [2.75, 3.05) is 21.2 Å². The molecule has 1 saturated carbocycles. The van der Waals surface area contributed by atoms with Gasteiger partial charge in [-0.05, 0) is 44.6 Å². The van der Waals surface area contributed by atoms with E-state index in [9.17, 15) is 5.26 Å². The standard InChI is InChI=1S/C14H18N2O/c1-16(2)13(14(10-15)7-8-14)11-5-4-6-12(9-11)17-3/h4-6,9,13H,7-8H2,1-3H3. The molecule has 1 aliphatic rings. The number of nitriles is 1. The maximum Gasteiger partial charge on any atom is 0.119 e. The predicted octanol–water partition coefficient (Wildman–Crippen LogP) is 2.60. The Morgan fingerprint density at radius 1 is 1.41 bits per heavy atom. The van der Waals surface area contributed by atoms with E-state index in [1.165, 1.54) is 0 Å². The van der Waals surface area contributed by atoms with Crippen LogP contribution in [0.5, 0.6) is 5.75 Å². The second-order valence-corrected chi connectivity index (χ2v) is 4.91. The molecular formula is C14H18N2O. The molecular weight excluding hydrogens is 212 g/mol. The van der Waals surface area contributed by atoms with Gasteiger partial charge in [0.1, 0.15) is 5.75 Å². The summed E-state index contributed by atoms with van der Waals surface area (Å²) in [5, 5.41) is 9.36. The van der Waals surface area contributed by atoms with Gasteiger partial charge in [0, 0.05) is 0 Å². The Balaban J connectivity index is 2.37. The number of nitrogens with zero attached hydrogens (tertiary/aromatic N) is 2. The molecule has 17 heavy (non-hydrogen) atoms. The molecule has 1 fully saturated rings. The van der Waals surface area contributed by atoms with Gasteiger partial charge >= 0.3 is 0 Å². The quantitative estimate of drug-likeness (QED) is 0.797. The summed E-state index contributed by atoms with van der Waals surface area (Å²) in [5.41, 5.74) is 0.962. The second-order valence-electron chi connectivity index (χ2n) is 4.91. The van der Waals surface area contributed by atoms with E-state index in [1.54, 1.807) is 7.11 Å². The topological polar surface area (TPSA) is 36.3 Å². The van der Waals surface area contributed by atoms with Crippen molar-refractivity contribution in [3.05, 3.63) is 29.8 Å². The van der Waals surface area contributed by atoms with Crippen molar-refractivity contribution in [1.82, 2.24) is 4.90 Å². The largest absolute Gasteiger partial charge is 0.497 e. The van der Waals surface area contributed by atoms with Crippen LogP contribution in [0, 0.1) is 16.7 Å². The van der Waals surface area contributed by atoms with Crippen molar-refractivity contribution < 1.29 is 4.74 Å². The van der Waals surface area contributed by atoms with Gasteiger partial charge in [-0.25, -0.2) is 0 Å². The summed E-state index contributed by atoms with van der Waals surface area (Å²) in [5.74, 6) is 0.850. The molecule has 0 heterocycles. The van der Waals surface area contributed by atoms with Gasteiger partial charge in [-0.2, -0.15) is 5.26 Å². The number of rotatable bonds is 4. The van der Waals surface area contributed by atoms with E-state index in [0.717, 1.165) is 24.2 Å². The highest BCUT2D eigenvalue weighted by Crippen LogP contribution is 2.56. The molecule has 1 atom stereocenters. The van der Waals surface area contributed by atoms with Crippen molar-refractivity contribution in [2.45, 2.75) is 18.9 Å². The van der Waals surface area contributed by atoms with Gasteiger partial charge in [0.15, 0.2) is 0 Å². The summed E-state index contributed by atoms with van der Waals surface area (Å²) in [4.78, 5) is 2.13. The fourth-order valence-corrected chi connectivity index (χ4v) is 2.50. The molecule has 3 heteroatoms. The lowest BCUT2D eigenvalue weighted by Crippen LogP contribution is -2.27. The zero-order chi connectivity index (χ0) is 12.5. The van der Waals surface area contributed by atoms with Crippen molar-refractivity contribution in [1.29, 1.82) is 5.26 Å². The molecule has 0 spiro atoms. The molecule has 0 saturated heterocycles. The monoisotopic (exact) mass is 230 g/mol. The van der Waals surface area contributed by atoms with Crippen LogP contribution in [0.4, 0.5) is 0 Å². The van der Waals surface area contributed by atoms with E-state index in [4.69, 9.17) is 4.74 Å². The van der Waals surface area contributed by atoms with Gasteiger partial charge in [-0.3, -0.25) is 0 Å². The maximum absolute atomic E-state index is 9.36. The van der Waals surface area contributed by atoms with Gasteiger partial charge < -0.3 is 9.64 Å². The summed E-state index contributed by atoms with van der Waals surface area (Å²) in [6.45, 7) is 0. The molecule has 2 rings (SSSR count). The molecule has 0 amide bonds. The molecule has 1 unspecified atom stereocenters. The number of benzene rings is 1. The first-order chi connectivity index (χ1) is 8.13. The summed E-state index contributed by atoms with van der Waals surface area (Å²) < 4.78 is 5.25. The van der Waals surface area contributed by atoms with Crippen LogP contribution in [0.3, 0.4) is 0 Å². The minimum Gasteiger partial charge on any atom is -0.497 e. The van der Waals surface area contributed by atoms with Crippen molar-refractivity contribution in [3.8, 4) is 11.8 Å². The first-order valence-electron chi connectivity index (χ1n) is 5.84. The van der Waals surface area contributed by atoms with Crippen molar-refractivity contribution >= 4 is 0 Å². The highest BCUT2D eigenvalue weighted by atomic mass is 16.5. The molecule has 0 aromatic heterocycles. The van der Waals surface area contributed by atoms with E-state index in [1.807, 2.05) is 32.3 Å². The van der Waals surface area contributed by atoms with Gasteiger partial charge in [-0.15, -0.1) is 0 Å². The third-order valence-corrected chi connectivity index (χ3v) is 3.46. The molecule has 0 radical (unpaired) electrons. The van der Waals surface area contributed by atoms with E-state index >= 15 is 0 Å². The highest BCUT2D eigenvalue weighted by molar-refractivity contribution is 5.35. The average Bonchev–Trinajstić information content (AvgIpc) is 3.10. The van der Waals surface area contributed by atoms with Crippen LogP contribution in [0.15, 0.2) is 24.3 Å². The lowest BCUT2D eigenvalue weighted by molar-refractivity contribution is 0.231. The van der Waals surface area contributed by atoms with Crippen LogP contribution in [0.2, 0.25) is 0 Å². The molecule has 0 aliphatic heterocycles. The first kappa shape index (κ1) is 11.9. The molecule has 3 nitrogen and oxygen atoms in total. The minimum absolute atomic E-state index is 0.155. The van der Waals surface area contributed by atoms with Gasteiger partial charge in [0.25, 0.3) is 0 Å². The fraction of sp³-hybridized carbons (Fsp3) is 0.500. The minimum atomic E-state index is -0.199. The number of hydrogen-bond acceptors (Lipinski definition) is 3. The molecule has 1 aromatic carbocycles. The van der Waals surface area contributed by atoms with Crippen molar-refractivity contribution in [2.24, 2.45) is 5.41 Å². The molecule has 0 N–H and O–H groups in total. The molecule has 90 valence electrons. The zero-order valence-electron chi connectivity index (χ0n) is 10.6. The fourth-order valence-electron chi connectivity index (χ4n) is 2.50.